The Hall–Kier alpha value is -1.51. The summed E-state index contributed by atoms with van der Waals surface area (Å²) in [5.74, 6) is 0.782. The van der Waals surface area contributed by atoms with Crippen LogP contribution in [0.25, 0.3) is 0 Å². The van der Waals surface area contributed by atoms with Gasteiger partial charge in [-0.15, -0.1) is 0 Å². The molecule has 2 unspecified atom stereocenters. The second-order valence-corrected chi connectivity index (χ2v) is 5.48. The lowest BCUT2D eigenvalue weighted by Gasteiger charge is -2.21. The van der Waals surface area contributed by atoms with Crippen LogP contribution in [0.5, 0.6) is 0 Å². The van der Waals surface area contributed by atoms with Crippen LogP contribution in [0.1, 0.15) is 53.4 Å². The zero-order valence-corrected chi connectivity index (χ0v) is 13.2. The fraction of sp³-hybridized carbons (Fsp3) is 0.588. The Morgan fingerprint density at radius 2 is 1.85 bits per heavy atom. The highest BCUT2D eigenvalue weighted by Gasteiger charge is 2.10. The average Bonchev–Trinajstić information content (AvgIpc) is 2.46. The minimum absolute atomic E-state index is 0.0498. The molecule has 3 nitrogen and oxygen atoms in total. The Kier molecular flexibility index (Phi) is 7.13. The summed E-state index contributed by atoms with van der Waals surface area (Å²) in [6.45, 7) is 8.60. The monoisotopic (exact) mass is 276 g/mol. The van der Waals surface area contributed by atoms with E-state index in [1.165, 1.54) is 12.8 Å². The van der Waals surface area contributed by atoms with Gasteiger partial charge in [0.05, 0.1) is 0 Å². The van der Waals surface area contributed by atoms with E-state index < -0.39 is 0 Å². The van der Waals surface area contributed by atoms with Gasteiger partial charge in [-0.1, -0.05) is 40.2 Å². The van der Waals surface area contributed by atoms with Crippen LogP contribution >= 0.6 is 0 Å². The zero-order chi connectivity index (χ0) is 15.0. The minimum atomic E-state index is 0.0498. The fourth-order valence-electron chi connectivity index (χ4n) is 2.15. The third-order valence-electron chi connectivity index (χ3n) is 3.71. The van der Waals surface area contributed by atoms with Crippen molar-refractivity contribution in [2.24, 2.45) is 5.92 Å². The third-order valence-corrected chi connectivity index (χ3v) is 3.71. The van der Waals surface area contributed by atoms with Gasteiger partial charge in [-0.2, -0.15) is 0 Å². The maximum Gasteiger partial charge on any atom is 0.224 e. The molecule has 2 atom stereocenters. The van der Waals surface area contributed by atoms with Crippen molar-refractivity contribution in [1.29, 1.82) is 0 Å². The van der Waals surface area contributed by atoms with E-state index in [1.54, 1.807) is 0 Å². The lowest BCUT2D eigenvalue weighted by atomic mass is 9.97. The van der Waals surface area contributed by atoms with Crippen LogP contribution in [0.3, 0.4) is 0 Å². The van der Waals surface area contributed by atoms with E-state index in [0.29, 0.717) is 12.5 Å². The number of amides is 1. The Bertz CT molecular complexity index is 417. The molecule has 2 N–H and O–H groups in total. The summed E-state index contributed by atoms with van der Waals surface area (Å²) in [4.78, 5) is 11.4. The van der Waals surface area contributed by atoms with Crippen molar-refractivity contribution in [3.63, 3.8) is 0 Å². The van der Waals surface area contributed by atoms with Gasteiger partial charge in [-0.3, -0.25) is 4.79 Å². The van der Waals surface area contributed by atoms with Gasteiger partial charge in [0.1, 0.15) is 0 Å². The molecule has 1 rings (SSSR count). The molecule has 1 amide bonds. The maximum absolute atomic E-state index is 11.4. The first kappa shape index (κ1) is 16.5. The summed E-state index contributed by atoms with van der Waals surface area (Å²) in [6, 6.07) is 8.45. The van der Waals surface area contributed by atoms with Gasteiger partial charge in [0.15, 0.2) is 0 Å². The molecule has 1 aromatic rings. The first-order valence-corrected chi connectivity index (χ1v) is 7.75. The topological polar surface area (TPSA) is 41.1 Å². The lowest BCUT2D eigenvalue weighted by Crippen LogP contribution is -2.21. The molecule has 0 saturated carbocycles. The van der Waals surface area contributed by atoms with Crippen molar-refractivity contribution in [2.75, 3.05) is 10.6 Å². The maximum atomic E-state index is 11.4. The zero-order valence-electron chi connectivity index (χ0n) is 13.2. The average molecular weight is 276 g/mol. The van der Waals surface area contributed by atoms with Crippen LogP contribution in [0.4, 0.5) is 11.4 Å². The molecule has 0 fully saturated rings. The summed E-state index contributed by atoms with van der Waals surface area (Å²) in [5.41, 5.74) is 1.94. The van der Waals surface area contributed by atoms with Crippen LogP contribution in [-0.2, 0) is 4.79 Å². The number of rotatable bonds is 8. The summed E-state index contributed by atoms with van der Waals surface area (Å²) in [6.07, 6.45) is 4.00. The van der Waals surface area contributed by atoms with E-state index in [-0.39, 0.29) is 5.91 Å². The highest BCUT2D eigenvalue weighted by atomic mass is 16.1. The van der Waals surface area contributed by atoms with Crippen LogP contribution < -0.4 is 10.6 Å². The number of anilines is 2. The molecule has 0 bridgehead atoms. The summed E-state index contributed by atoms with van der Waals surface area (Å²) in [7, 11) is 0. The van der Waals surface area contributed by atoms with Crippen molar-refractivity contribution in [1.82, 2.24) is 0 Å². The second-order valence-electron chi connectivity index (χ2n) is 5.48. The molecule has 112 valence electrons. The van der Waals surface area contributed by atoms with Gasteiger partial charge >= 0.3 is 0 Å². The number of benzene rings is 1. The number of carbonyl (C=O) groups excluding carboxylic acids is 1. The molecule has 0 aromatic heterocycles. The molecule has 0 radical (unpaired) electrons. The third kappa shape index (κ3) is 5.64. The highest BCUT2D eigenvalue weighted by molar-refractivity contribution is 5.90. The van der Waals surface area contributed by atoms with E-state index in [0.717, 1.165) is 23.7 Å². The predicted octanol–water partition coefficient (Wildman–Crippen LogP) is 4.66. The predicted molar refractivity (Wildman–Crippen MR) is 87.1 cm³/mol. The Labute approximate surface area is 123 Å². The second kappa shape index (κ2) is 8.62. The van der Waals surface area contributed by atoms with Gasteiger partial charge in [0.2, 0.25) is 5.91 Å². The van der Waals surface area contributed by atoms with Crippen molar-refractivity contribution in [2.45, 2.75) is 59.4 Å². The van der Waals surface area contributed by atoms with E-state index in [1.807, 2.05) is 25.1 Å². The molecule has 0 aliphatic carbocycles. The minimum Gasteiger partial charge on any atom is -0.382 e. The molecule has 0 saturated heterocycles. The van der Waals surface area contributed by atoms with Gasteiger partial charge in [0.25, 0.3) is 0 Å². The van der Waals surface area contributed by atoms with Crippen molar-refractivity contribution in [3.8, 4) is 0 Å². The molecule has 1 aromatic carbocycles. The molecule has 0 aliphatic heterocycles. The largest absolute Gasteiger partial charge is 0.382 e. The smallest absolute Gasteiger partial charge is 0.224 e. The molecular weight excluding hydrogens is 248 g/mol. The molecular formula is C17H28N2O. The van der Waals surface area contributed by atoms with Crippen molar-refractivity contribution < 1.29 is 4.79 Å². The van der Waals surface area contributed by atoms with Gasteiger partial charge in [-0.25, -0.2) is 0 Å². The van der Waals surface area contributed by atoms with Crippen LogP contribution in [-0.4, -0.2) is 11.9 Å². The van der Waals surface area contributed by atoms with E-state index >= 15 is 0 Å². The standard InChI is InChI=1S/C17H28N2O/c1-5-13(4)11-14(6-2)18-15-9-8-10-16(12-15)19-17(20)7-3/h8-10,12-14,18H,5-7,11H2,1-4H3,(H,19,20). The SMILES string of the molecule is CCC(=O)Nc1cccc(NC(CC)CC(C)CC)c1. The van der Waals surface area contributed by atoms with E-state index in [2.05, 4.69) is 37.5 Å². The van der Waals surface area contributed by atoms with Gasteiger partial charge in [0, 0.05) is 23.8 Å². The Balaban J connectivity index is 2.66. The van der Waals surface area contributed by atoms with Crippen LogP contribution in [0.15, 0.2) is 24.3 Å². The molecule has 20 heavy (non-hydrogen) atoms. The molecule has 0 heterocycles. The van der Waals surface area contributed by atoms with E-state index in [4.69, 9.17) is 0 Å². The highest BCUT2D eigenvalue weighted by Crippen LogP contribution is 2.20. The summed E-state index contributed by atoms with van der Waals surface area (Å²) < 4.78 is 0. The van der Waals surface area contributed by atoms with Crippen molar-refractivity contribution in [3.05, 3.63) is 24.3 Å². The van der Waals surface area contributed by atoms with E-state index in [9.17, 15) is 4.79 Å². The Morgan fingerprint density at radius 3 is 2.45 bits per heavy atom. The number of nitrogens with one attached hydrogen (secondary N) is 2. The normalized spacial score (nSPS) is 13.6. The number of carbonyl (C=O) groups is 1. The van der Waals surface area contributed by atoms with Gasteiger partial charge in [-0.05, 0) is 37.0 Å². The van der Waals surface area contributed by atoms with Crippen LogP contribution in [0, 0.1) is 5.92 Å². The molecule has 3 heteroatoms. The first-order chi connectivity index (χ1) is 9.58. The van der Waals surface area contributed by atoms with Crippen molar-refractivity contribution >= 4 is 17.3 Å². The molecule has 0 spiro atoms. The first-order valence-electron chi connectivity index (χ1n) is 7.75. The Morgan fingerprint density at radius 1 is 1.15 bits per heavy atom. The number of hydrogen-bond acceptors (Lipinski definition) is 2. The summed E-state index contributed by atoms with van der Waals surface area (Å²) >= 11 is 0. The quantitative estimate of drug-likeness (QED) is 0.725. The van der Waals surface area contributed by atoms with Crippen LogP contribution in [0.2, 0.25) is 0 Å². The number of hydrogen-bond donors (Lipinski definition) is 2. The van der Waals surface area contributed by atoms with Gasteiger partial charge < -0.3 is 10.6 Å². The fourth-order valence-corrected chi connectivity index (χ4v) is 2.15. The lowest BCUT2D eigenvalue weighted by molar-refractivity contribution is -0.115. The summed E-state index contributed by atoms with van der Waals surface area (Å²) in [5, 5.41) is 6.47. The molecule has 0 aliphatic rings.